The summed E-state index contributed by atoms with van der Waals surface area (Å²) in [5.41, 5.74) is 1.32. The number of ether oxygens (including phenoxy) is 2. The minimum atomic E-state index is -2.24. The molecule has 3 aromatic carbocycles. The van der Waals surface area contributed by atoms with Crippen LogP contribution in [-0.4, -0.2) is 5.78 Å². The normalized spacial score (nSPS) is 14.0. The molecule has 0 bridgehead atoms. The number of rotatable bonds is 4. The second-order valence-electron chi connectivity index (χ2n) is 7.25. The zero-order chi connectivity index (χ0) is 23.2. The van der Waals surface area contributed by atoms with Gasteiger partial charge in [-0.05, 0) is 37.6 Å². The summed E-state index contributed by atoms with van der Waals surface area (Å²) in [6.45, 7) is 2.57. The van der Waals surface area contributed by atoms with Crippen LogP contribution in [0.1, 0.15) is 32.6 Å². The van der Waals surface area contributed by atoms with Crippen molar-refractivity contribution < 1.29 is 36.2 Å². The van der Waals surface area contributed by atoms with E-state index in [0.29, 0.717) is 5.56 Å². The fraction of sp³-hybridized carbons (Fsp3) is 0.125. The van der Waals surface area contributed by atoms with Crippen molar-refractivity contribution >= 4 is 11.9 Å². The van der Waals surface area contributed by atoms with Gasteiger partial charge in [0, 0.05) is 5.56 Å². The molecular formula is C24H15F5O3. The molecule has 0 saturated carbocycles. The lowest BCUT2D eigenvalue weighted by molar-refractivity contribution is 0.101. The molecule has 1 heterocycles. The van der Waals surface area contributed by atoms with Gasteiger partial charge in [0.25, 0.3) is 0 Å². The summed E-state index contributed by atoms with van der Waals surface area (Å²) in [6, 6.07) is 10.2. The van der Waals surface area contributed by atoms with Gasteiger partial charge in [0.2, 0.25) is 11.6 Å². The van der Waals surface area contributed by atoms with Crippen LogP contribution < -0.4 is 9.47 Å². The van der Waals surface area contributed by atoms with Crippen LogP contribution in [0.25, 0.3) is 6.08 Å². The van der Waals surface area contributed by atoms with Crippen LogP contribution >= 0.6 is 0 Å². The number of carbonyl (C=O) groups is 1. The molecule has 0 amide bonds. The van der Waals surface area contributed by atoms with E-state index in [1.54, 1.807) is 13.0 Å². The largest absolute Gasteiger partial charge is 0.488 e. The van der Waals surface area contributed by atoms with E-state index in [-0.39, 0.29) is 28.6 Å². The Kier molecular flexibility index (Phi) is 5.46. The molecule has 0 atom stereocenters. The molecule has 164 valence electrons. The van der Waals surface area contributed by atoms with E-state index in [4.69, 9.17) is 9.47 Å². The molecule has 0 aliphatic carbocycles. The second kappa shape index (κ2) is 8.11. The highest BCUT2D eigenvalue weighted by Crippen LogP contribution is 2.39. The van der Waals surface area contributed by atoms with Gasteiger partial charge >= 0.3 is 0 Å². The Balaban J connectivity index is 1.61. The van der Waals surface area contributed by atoms with Crippen LogP contribution in [0.4, 0.5) is 22.0 Å². The molecule has 1 aliphatic rings. The molecule has 3 nitrogen and oxygen atoms in total. The number of fused-ring (bicyclic) bond motifs is 1. The lowest BCUT2D eigenvalue weighted by Crippen LogP contribution is -2.10. The van der Waals surface area contributed by atoms with Gasteiger partial charge in [-0.2, -0.15) is 0 Å². The van der Waals surface area contributed by atoms with Gasteiger partial charge in [0.1, 0.15) is 18.1 Å². The second-order valence-corrected chi connectivity index (χ2v) is 7.25. The SMILES string of the molecule is Cc1ccc(/C=C2\Oc3c(ccc(OCc4c(F)c(F)c(F)c(F)c4F)c3C)C2=O)cc1. The van der Waals surface area contributed by atoms with Crippen LogP contribution in [0.5, 0.6) is 11.5 Å². The van der Waals surface area contributed by atoms with Crippen molar-refractivity contribution in [3.8, 4) is 11.5 Å². The quantitative estimate of drug-likeness (QED) is 0.207. The average molecular weight is 446 g/mol. The molecule has 0 unspecified atom stereocenters. The first kappa shape index (κ1) is 21.5. The Labute approximate surface area is 179 Å². The molecule has 0 aromatic heterocycles. The lowest BCUT2D eigenvalue weighted by atomic mass is 10.1. The van der Waals surface area contributed by atoms with E-state index >= 15 is 0 Å². The first-order valence-corrected chi connectivity index (χ1v) is 9.46. The molecule has 8 heteroatoms. The Morgan fingerprint density at radius 2 is 1.44 bits per heavy atom. The van der Waals surface area contributed by atoms with E-state index in [0.717, 1.165) is 11.1 Å². The van der Waals surface area contributed by atoms with Crippen molar-refractivity contribution in [1.29, 1.82) is 0 Å². The maximum atomic E-state index is 13.9. The third-order valence-corrected chi connectivity index (χ3v) is 5.08. The molecular weight excluding hydrogens is 431 g/mol. The summed E-state index contributed by atoms with van der Waals surface area (Å²) >= 11 is 0. The van der Waals surface area contributed by atoms with Gasteiger partial charge in [0.05, 0.1) is 11.1 Å². The maximum Gasteiger partial charge on any atom is 0.231 e. The summed E-state index contributed by atoms with van der Waals surface area (Å²) in [5.74, 6) is -10.3. The van der Waals surface area contributed by atoms with E-state index in [1.807, 2.05) is 31.2 Å². The number of hydrogen-bond donors (Lipinski definition) is 0. The molecule has 0 saturated heterocycles. The maximum absolute atomic E-state index is 13.9. The average Bonchev–Trinajstić information content (AvgIpc) is 3.10. The van der Waals surface area contributed by atoms with Crippen molar-refractivity contribution in [2.45, 2.75) is 20.5 Å². The molecule has 0 radical (unpaired) electrons. The zero-order valence-corrected chi connectivity index (χ0v) is 16.9. The highest BCUT2D eigenvalue weighted by atomic mass is 19.2. The van der Waals surface area contributed by atoms with Crippen LogP contribution in [-0.2, 0) is 6.61 Å². The van der Waals surface area contributed by atoms with Gasteiger partial charge < -0.3 is 9.47 Å². The van der Waals surface area contributed by atoms with Crippen LogP contribution in [0.2, 0.25) is 0 Å². The minimum Gasteiger partial charge on any atom is -0.488 e. The minimum absolute atomic E-state index is 0.0667. The fourth-order valence-electron chi connectivity index (χ4n) is 3.27. The number of aryl methyl sites for hydroxylation is 1. The third kappa shape index (κ3) is 3.62. The molecule has 3 aromatic rings. The molecule has 0 spiro atoms. The molecule has 1 aliphatic heterocycles. The number of ketones is 1. The van der Waals surface area contributed by atoms with E-state index < -0.39 is 41.3 Å². The smallest absolute Gasteiger partial charge is 0.231 e. The van der Waals surface area contributed by atoms with Gasteiger partial charge in [-0.1, -0.05) is 29.8 Å². The highest BCUT2D eigenvalue weighted by molar-refractivity contribution is 6.14. The number of hydrogen-bond acceptors (Lipinski definition) is 3. The molecule has 0 fully saturated rings. The van der Waals surface area contributed by atoms with Crippen LogP contribution in [0, 0.1) is 42.9 Å². The van der Waals surface area contributed by atoms with Crippen molar-refractivity contribution in [2.24, 2.45) is 0 Å². The third-order valence-electron chi connectivity index (χ3n) is 5.08. The van der Waals surface area contributed by atoms with Crippen molar-refractivity contribution in [3.63, 3.8) is 0 Å². The van der Waals surface area contributed by atoms with Crippen molar-refractivity contribution in [3.05, 3.63) is 99.1 Å². The summed E-state index contributed by atoms with van der Waals surface area (Å²) in [7, 11) is 0. The number of allylic oxidation sites excluding steroid dienone is 1. The van der Waals surface area contributed by atoms with Crippen molar-refractivity contribution in [2.75, 3.05) is 0 Å². The van der Waals surface area contributed by atoms with Crippen LogP contribution in [0.15, 0.2) is 42.2 Å². The van der Waals surface area contributed by atoms with E-state index in [1.165, 1.54) is 12.1 Å². The Morgan fingerprint density at radius 3 is 2.06 bits per heavy atom. The summed E-state index contributed by atoms with van der Waals surface area (Å²) in [5, 5.41) is 0. The fourth-order valence-corrected chi connectivity index (χ4v) is 3.27. The molecule has 0 N–H and O–H groups in total. The Bertz CT molecular complexity index is 1250. The number of benzene rings is 3. The summed E-state index contributed by atoms with van der Waals surface area (Å²) < 4.78 is 78.8. The van der Waals surface area contributed by atoms with E-state index in [2.05, 4.69) is 0 Å². The van der Waals surface area contributed by atoms with Gasteiger partial charge in [-0.25, -0.2) is 22.0 Å². The topological polar surface area (TPSA) is 35.5 Å². The van der Waals surface area contributed by atoms with Crippen molar-refractivity contribution in [1.82, 2.24) is 0 Å². The molecule has 4 rings (SSSR count). The van der Waals surface area contributed by atoms with Gasteiger partial charge in [-0.15, -0.1) is 0 Å². The first-order chi connectivity index (χ1) is 15.2. The van der Waals surface area contributed by atoms with Crippen LogP contribution in [0.3, 0.4) is 0 Å². The molecule has 32 heavy (non-hydrogen) atoms. The number of carbonyl (C=O) groups excluding carboxylic acids is 1. The lowest BCUT2D eigenvalue weighted by Gasteiger charge is -2.13. The summed E-state index contributed by atoms with van der Waals surface area (Å²) in [6.07, 6.45) is 1.58. The Hall–Kier alpha value is -3.68. The highest BCUT2D eigenvalue weighted by Gasteiger charge is 2.31. The first-order valence-electron chi connectivity index (χ1n) is 9.46. The monoisotopic (exact) mass is 446 g/mol. The number of Topliss-reactive ketones (excluding diaryl/α,β-unsaturated/α-hetero) is 1. The zero-order valence-electron chi connectivity index (χ0n) is 16.9. The van der Waals surface area contributed by atoms with E-state index in [9.17, 15) is 26.7 Å². The predicted octanol–water partition coefficient (Wildman–Crippen LogP) is 6.19. The summed E-state index contributed by atoms with van der Waals surface area (Å²) in [4.78, 5) is 12.7. The predicted molar refractivity (Wildman–Crippen MR) is 106 cm³/mol. The number of halogens is 5. The standard InChI is InChI=1S/C24H15F5O3/c1-11-3-5-13(6-4-11)9-17-23(30)14-7-8-16(12(2)24(14)32-17)31-10-15-18(25)20(27)22(29)21(28)19(15)26/h3-9H,10H2,1-2H3/b17-9-. The van der Waals surface area contributed by atoms with Gasteiger partial charge in [-0.3, -0.25) is 4.79 Å². The van der Waals surface area contributed by atoms with Gasteiger partial charge in [0.15, 0.2) is 29.0 Å². The Morgan fingerprint density at radius 1 is 0.844 bits per heavy atom.